The summed E-state index contributed by atoms with van der Waals surface area (Å²) in [5, 5.41) is 7.16. The van der Waals surface area contributed by atoms with Gasteiger partial charge >= 0.3 is 0 Å². The normalized spacial score (nSPS) is 13.5. The molecule has 0 aliphatic heterocycles. The number of aromatic nitrogens is 3. The monoisotopic (exact) mass is 213 g/mol. The molecule has 0 aromatic carbocycles. The zero-order valence-corrected chi connectivity index (χ0v) is 10.2. The molecule has 0 spiro atoms. The highest BCUT2D eigenvalue weighted by Crippen LogP contribution is 2.17. The Bertz CT molecular complexity index is 337. The molecule has 80 valence electrons. The van der Waals surface area contributed by atoms with E-state index in [2.05, 4.69) is 42.5 Å². The number of hydrogen-bond acceptors (Lipinski definition) is 2. The molecule has 0 amide bonds. The number of H-pyrrole nitrogens is 1. The minimum atomic E-state index is 0.474. The van der Waals surface area contributed by atoms with Crippen LogP contribution in [0.3, 0.4) is 0 Å². The lowest BCUT2D eigenvalue weighted by molar-refractivity contribution is 0.486. The molecule has 4 heteroatoms. The van der Waals surface area contributed by atoms with Gasteiger partial charge in [0.2, 0.25) is 0 Å². The van der Waals surface area contributed by atoms with E-state index in [1.54, 1.807) is 0 Å². The van der Waals surface area contributed by atoms with Gasteiger partial charge in [0.25, 0.3) is 0 Å². The second-order valence-electron chi connectivity index (χ2n) is 4.20. The Morgan fingerprint density at radius 2 is 2.07 bits per heavy atom. The fourth-order valence-corrected chi connectivity index (χ4v) is 1.64. The predicted molar refractivity (Wildman–Crippen MR) is 61.0 cm³/mol. The molecule has 1 unspecified atom stereocenters. The molecule has 14 heavy (non-hydrogen) atoms. The molecule has 0 radical (unpaired) electrons. The van der Waals surface area contributed by atoms with Crippen LogP contribution >= 0.6 is 12.2 Å². The van der Waals surface area contributed by atoms with E-state index < -0.39 is 0 Å². The first-order chi connectivity index (χ1) is 6.56. The second-order valence-corrected chi connectivity index (χ2v) is 4.59. The molecular weight excluding hydrogens is 194 g/mol. The summed E-state index contributed by atoms with van der Waals surface area (Å²) in [6, 6.07) is 0. The first kappa shape index (κ1) is 11.4. The third-order valence-electron chi connectivity index (χ3n) is 2.39. The third kappa shape index (κ3) is 2.44. The van der Waals surface area contributed by atoms with Crippen molar-refractivity contribution in [3.8, 4) is 0 Å². The molecule has 0 fully saturated rings. The molecule has 1 aromatic heterocycles. The third-order valence-corrected chi connectivity index (χ3v) is 2.70. The van der Waals surface area contributed by atoms with Gasteiger partial charge in [-0.1, -0.05) is 27.7 Å². The maximum absolute atomic E-state index is 5.20. The van der Waals surface area contributed by atoms with Crippen LogP contribution < -0.4 is 0 Å². The highest BCUT2D eigenvalue weighted by molar-refractivity contribution is 7.71. The van der Waals surface area contributed by atoms with Crippen molar-refractivity contribution in [2.45, 2.75) is 46.6 Å². The number of nitrogens with zero attached hydrogens (tertiary/aromatic N) is 2. The van der Waals surface area contributed by atoms with Gasteiger partial charge in [0.1, 0.15) is 5.82 Å². The molecule has 0 aliphatic carbocycles. The van der Waals surface area contributed by atoms with Crippen molar-refractivity contribution in [2.24, 2.45) is 5.92 Å². The Labute approximate surface area is 90.5 Å². The van der Waals surface area contributed by atoms with E-state index in [1.807, 2.05) is 0 Å². The highest BCUT2D eigenvalue weighted by Gasteiger charge is 2.12. The van der Waals surface area contributed by atoms with Crippen LogP contribution in [0.15, 0.2) is 0 Å². The Morgan fingerprint density at radius 1 is 1.43 bits per heavy atom. The highest BCUT2D eigenvalue weighted by atomic mass is 32.1. The summed E-state index contributed by atoms with van der Waals surface area (Å²) in [5.41, 5.74) is 0. The molecule has 0 saturated heterocycles. The zero-order chi connectivity index (χ0) is 10.7. The number of aromatic amines is 1. The molecule has 0 aliphatic rings. The van der Waals surface area contributed by atoms with Crippen LogP contribution in [0, 0.1) is 10.7 Å². The molecule has 0 bridgehead atoms. The summed E-state index contributed by atoms with van der Waals surface area (Å²) in [5.74, 6) is 2.16. The molecule has 1 atom stereocenters. The van der Waals surface area contributed by atoms with Gasteiger partial charge in [-0.3, -0.25) is 5.10 Å². The van der Waals surface area contributed by atoms with Gasteiger partial charge in [-0.25, -0.2) is 0 Å². The number of nitrogens with one attached hydrogen (secondary N) is 1. The Hall–Kier alpha value is -0.640. The van der Waals surface area contributed by atoms with Crippen molar-refractivity contribution in [1.82, 2.24) is 14.8 Å². The van der Waals surface area contributed by atoms with E-state index >= 15 is 0 Å². The fourth-order valence-electron chi connectivity index (χ4n) is 1.43. The number of hydrogen-bond donors (Lipinski definition) is 1. The minimum absolute atomic E-state index is 0.474. The van der Waals surface area contributed by atoms with Gasteiger partial charge in [0.15, 0.2) is 4.77 Å². The van der Waals surface area contributed by atoms with Crippen LogP contribution in [0.25, 0.3) is 0 Å². The van der Waals surface area contributed by atoms with Crippen LogP contribution in [0.5, 0.6) is 0 Å². The smallest absolute Gasteiger partial charge is 0.195 e. The van der Waals surface area contributed by atoms with E-state index in [0.717, 1.165) is 23.6 Å². The van der Waals surface area contributed by atoms with E-state index in [9.17, 15) is 0 Å². The summed E-state index contributed by atoms with van der Waals surface area (Å²) in [6.45, 7) is 9.68. The first-order valence-corrected chi connectivity index (χ1v) is 5.62. The van der Waals surface area contributed by atoms with Crippen molar-refractivity contribution >= 4 is 12.2 Å². The standard InChI is InChI=1S/C10H19N3S/c1-5-8(4)9-11-12-10(14)13(9)6-7(2)3/h7-8H,5-6H2,1-4H3,(H,12,14). The molecule has 1 N–H and O–H groups in total. The van der Waals surface area contributed by atoms with Crippen LogP contribution in [0.2, 0.25) is 0 Å². The van der Waals surface area contributed by atoms with Crippen LogP contribution in [0.4, 0.5) is 0 Å². The van der Waals surface area contributed by atoms with Crippen LogP contribution in [-0.4, -0.2) is 14.8 Å². The summed E-state index contributed by atoms with van der Waals surface area (Å²) in [7, 11) is 0. The first-order valence-electron chi connectivity index (χ1n) is 5.21. The lowest BCUT2D eigenvalue weighted by Gasteiger charge is -2.12. The number of rotatable bonds is 4. The summed E-state index contributed by atoms with van der Waals surface area (Å²) in [6.07, 6.45) is 1.09. The van der Waals surface area contributed by atoms with Gasteiger partial charge in [-0.2, -0.15) is 5.10 Å². The second kappa shape index (κ2) is 4.73. The summed E-state index contributed by atoms with van der Waals surface area (Å²) >= 11 is 5.20. The predicted octanol–water partition coefficient (Wildman–Crippen LogP) is 3.11. The molecule has 1 rings (SSSR count). The van der Waals surface area contributed by atoms with Crippen molar-refractivity contribution < 1.29 is 0 Å². The molecule has 0 saturated carbocycles. The van der Waals surface area contributed by atoms with Gasteiger partial charge in [0.05, 0.1) is 0 Å². The lowest BCUT2D eigenvalue weighted by Crippen LogP contribution is -2.10. The van der Waals surface area contributed by atoms with E-state index in [-0.39, 0.29) is 0 Å². The van der Waals surface area contributed by atoms with Crippen molar-refractivity contribution in [1.29, 1.82) is 0 Å². The topological polar surface area (TPSA) is 33.6 Å². The Morgan fingerprint density at radius 3 is 2.57 bits per heavy atom. The largest absolute Gasteiger partial charge is 0.304 e. The average molecular weight is 213 g/mol. The van der Waals surface area contributed by atoms with Gasteiger partial charge in [0, 0.05) is 12.5 Å². The van der Waals surface area contributed by atoms with Gasteiger partial charge < -0.3 is 4.57 Å². The summed E-state index contributed by atoms with van der Waals surface area (Å²) < 4.78 is 2.86. The van der Waals surface area contributed by atoms with Crippen molar-refractivity contribution in [2.75, 3.05) is 0 Å². The maximum atomic E-state index is 5.20. The molecule has 3 nitrogen and oxygen atoms in total. The van der Waals surface area contributed by atoms with E-state index in [0.29, 0.717) is 11.8 Å². The van der Waals surface area contributed by atoms with Crippen molar-refractivity contribution in [3.63, 3.8) is 0 Å². The summed E-state index contributed by atoms with van der Waals surface area (Å²) in [4.78, 5) is 0. The quantitative estimate of drug-likeness (QED) is 0.780. The molecule has 1 aromatic rings. The lowest BCUT2D eigenvalue weighted by atomic mass is 10.1. The Kier molecular flexibility index (Phi) is 3.86. The Balaban J connectivity index is 3.00. The van der Waals surface area contributed by atoms with Crippen LogP contribution in [0.1, 0.15) is 45.9 Å². The fraction of sp³-hybridized carbons (Fsp3) is 0.800. The van der Waals surface area contributed by atoms with Gasteiger partial charge in [-0.15, -0.1) is 0 Å². The average Bonchev–Trinajstić information content (AvgIpc) is 2.46. The van der Waals surface area contributed by atoms with Crippen molar-refractivity contribution in [3.05, 3.63) is 10.6 Å². The minimum Gasteiger partial charge on any atom is -0.304 e. The SMILES string of the molecule is CCC(C)c1n[nH]c(=S)n1CC(C)C. The molecule has 1 heterocycles. The molecular formula is C10H19N3S. The van der Waals surface area contributed by atoms with E-state index in [1.165, 1.54) is 0 Å². The van der Waals surface area contributed by atoms with Crippen LogP contribution in [-0.2, 0) is 6.54 Å². The zero-order valence-electron chi connectivity index (χ0n) is 9.37. The van der Waals surface area contributed by atoms with E-state index in [4.69, 9.17) is 12.2 Å². The van der Waals surface area contributed by atoms with Gasteiger partial charge in [-0.05, 0) is 24.6 Å². The maximum Gasteiger partial charge on any atom is 0.195 e.